The fraction of sp³-hybridized carbons (Fsp3) is 0.500. The molecule has 2 atom stereocenters. The van der Waals surface area contributed by atoms with Crippen LogP contribution in [0.2, 0.25) is 0 Å². The van der Waals surface area contributed by atoms with Crippen LogP contribution in [0.25, 0.3) is 0 Å². The summed E-state index contributed by atoms with van der Waals surface area (Å²) in [7, 11) is 1.54. The van der Waals surface area contributed by atoms with E-state index >= 15 is 0 Å². The molecule has 0 aromatic heterocycles. The van der Waals surface area contributed by atoms with Crippen LogP contribution in [-0.4, -0.2) is 52.9 Å². The van der Waals surface area contributed by atoms with Crippen LogP contribution >= 0.6 is 0 Å². The van der Waals surface area contributed by atoms with Crippen LogP contribution in [0.1, 0.15) is 91.3 Å². The number of imide groups is 1. The predicted octanol–water partition coefficient (Wildman–Crippen LogP) is 5.53. The third kappa shape index (κ3) is 7.13. The first-order chi connectivity index (χ1) is 18.6. The molecule has 3 amide bonds. The van der Waals surface area contributed by atoms with Gasteiger partial charge in [0, 0.05) is 6.42 Å². The Morgan fingerprint density at radius 3 is 2.38 bits per heavy atom. The number of ether oxygens (including phenoxy) is 2. The van der Waals surface area contributed by atoms with Crippen LogP contribution in [0.15, 0.2) is 30.3 Å². The second-order valence-corrected chi connectivity index (χ2v) is 11.7. The molecule has 9 heteroatoms. The van der Waals surface area contributed by atoms with Crippen LogP contribution in [0.3, 0.4) is 0 Å². The number of hydrogen-bond acceptors (Lipinski definition) is 6. The van der Waals surface area contributed by atoms with E-state index < -0.39 is 29.0 Å². The number of carbonyl (C=O) groups is 3. The van der Waals surface area contributed by atoms with Crippen molar-refractivity contribution in [3.05, 3.63) is 52.6 Å². The van der Waals surface area contributed by atoms with Gasteiger partial charge in [-0.05, 0) is 55.0 Å². The van der Waals surface area contributed by atoms with Gasteiger partial charge in [-0.25, -0.2) is 0 Å². The summed E-state index contributed by atoms with van der Waals surface area (Å²) >= 11 is -1.33. The molecule has 3 rings (SSSR count). The Morgan fingerprint density at radius 2 is 1.77 bits per heavy atom. The van der Waals surface area contributed by atoms with E-state index in [4.69, 9.17) is 9.47 Å². The van der Waals surface area contributed by atoms with Crippen molar-refractivity contribution >= 4 is 34.6 Å². The zero-order valence-electron chi connectivity index (χ0n) is 23.8. The van der Waals surface area contributed by atoms with Gasteiger partial charge in [0.1, 0.15) is 11.8 Å². The maximum atomic E-state index is 14.0. The fourth-order valence-corrected chi connectivity index (χ4v) is 5.68. The molecule has 0 bridgehead atoms. The molecule has 0 saturated carbocycles. The van der Waals surface area contributed by atoms with Gasteiger partial charge in [0.05, 0.1) is 36.8 Å². The smallest absolute Gasteiger partial charge is 0.264 e. The van der Waals surface area contributed by atoms with Crippen molar-refractivity contribution < 1.29 is 28.4 Å². The van der Waals surface area contributed by atoms with Crippen molar-refractivity contribution in [1.29, 1.82) is 0 Å². The summed E-state index contributed by atoms with van der Waals surface area (Å²) in [5.74, 6) is 0.0348. The molecule has 0 fully saturated rings. The van der Waals surface area contributed by atoms with E-state index in [0.29, 0.717) is 47.8 Å². The van der Waals surface area contributed by atoms with Gasteiger partial charge in [-0.1, -0.05) is 56.9 Å². The predicted molar refractivity (Wildman–Crippen MR) is 154 cm³/mol. The number of unbranched alkanes of at least 4 members (excludes halogenated alkanes) is 2. The molecule has 2 aromatic rings. The zero-order valence-corrected chi connectivity index (χ0v) is 24.6. The number of carbonyl (C=O) groups excluding carboxylic acids is 3. The summed E-state index contributed by atoms with van der Waals surface area (Å²) in [6.45, 7) is 8.24. The minimum absolute atomic E-state index is 0.0591. The number of amides is 3. The SMILES string of the molecule is CCCCCc1ccc(NC(=O)CC(C)C)c2c1C(=O)N(C(C[S+](C)[O-])c1ccc(OC)c(OCC)c1)C2=O. The fourth-order valence-electron chi connectivity index (χ4n) is 4.89. The van der Waals surface area contributed by atoms with E-state index in [-0.39, 0.29) is 23.1 Å². The highest BCUT2D eigenvalue weighted by Crippen LogP contribution is 2.40. The minimum atomic E-state index is -1.33. The Labute approximate surface area is 234 Å². The molecule has 0 saturated heterocycles. The van der Waals surface area contributed by atoms with Gasteiger partial charge < -0.3 is 19.3 Å². The van der Waals surface area contributed by atoms with Gasteiger partial charge in [-0.3, -0.25) is 19.3 Å². The van der Waals surface area contributed by atoms with E-state index in [1.165, 1.54) is 12.0 Å². The average Bonchev–Trinajstić information content (AvgIpc) is 3.14. The average molecular weight is 557 g/mol. The van der Waals surface area contributed by atoms with E-state index in [2.05, 4.69) is 12.2 Å². The topological polar surface area (TPSA) is 108 Å². The van der Waals surface area contributed by atoms with Crippen molar-refractivity contribution in [2.24, 2.45) is 5.92 Å². The molecule has 1 N–H and O–H groups in total. The van der Waals surface area contributed by atoms with Crippen LogP contribution in [0, 0.1) is 5.92 Å². The molecule has 2 unspecified atom stereocenters. The van der Waals surface area contributed by atoms with Gasteiger partial charge in [0.25, 0.3) is 11.8 Å². The lowest BCUT2D eigenvalue weighted by atomic mass is 9.96. The number of methoxy groups -OCH3 is 1. The molecule has 0 spiro atoms. The largest absolute Gasteiger partial charge is 0.616 e. The summed E-state index contributed by atoms with van der Waals surface area (Å²) in [5.41, 5.74) is 2.25. The number of nitrogens with zero attached hydrogens (tertiary/aromatic N) is 1. The normalized spacial score (nSPS) is 14.4. The molecule has 212 valence electrons. The minimum Gasteiger partial charge on any atom is -0.616 e. The summed E-state index contributed by atoms with van der Waals surface area (Å²) < 4.78 is 23.6. The third-order valence-corrected chi connectivity index (χ3v) is 7.44. The number of rotatable bonds is 14. The van der Waals surface area contributed by atoms with Crippen molar-refractivity contribution in [3.8, 4) is 11.5 Å². The first-order valence-electron chi connectivity index (χ1n) is 13.6. The first-order valence-corrected chi connectivity index (χ1v) is 15.3. The van der Waals surface area contributed by atoms with Crippen LogP contribution < -0.4 is 14.8 Å². The van der Waals surface area contributed by atoms with Gasteiger partial charge in [0.2, 0.25) is 5.91 Å². The summed E-state index contributed by atoms with van der Waals surface area (Å²) in [5, 5.41) is 2.86. The second-order valence-electron chi connectivity index (χ2n) is 10.2. The van der Waals surface area contributed by atoms with Gasteiger partial charge in [-0.15, -0.1) is 0 Å². The molecule has 1 aliphatic heterocycles. The Bertz CT molecular complexity index is 1200. The van der Waals surface area contributed by atoms with Crippen LogP contribution in [0.5, 0.6) is 11.5 Å². The highest BCUT2D eigenvalue weighted by atomic mass is 32.2. The van der Waals surface area contributed by atoms with Crippen molar-refractivity contribution in [3.63, 3.8) is 0 Å². The van der Waals surface area contributed by atoms with Crippen LogP contribution in [0.4, 0.5) is 5.69 Å². The molecule has 1 aliphatic rings. The van der Waals surface area contributed by atoms with E-state index in [9.17, 15) is 18.9 Å². The Morgan fingerprint density at radius 1 is 1.05 bits per heavy atom. The maximum absolute atomic E-state index is 14.0. The molecule has 8 nitrogen and oxygen atoms in total. The maximum Gasteiger partial charge on any atom is 0.264 e. The Balaban J connectivity index is 2.11. The van der Waals surface area contributed by atoms with Crippen molar-refractivity contribution in [2.75, 3.05) is 31.0 Å². The molecular formula is C30H40N2O6S. The van der Waals surface area contributed by atoms with Gasteiger partial charge >= 0.3 is 0 Å². The lowest BCUT2D eigenvalue weighted by Crippen LogP contribution is -2.38. The zero-order chi connectivity index (χ0) is 28.7. The van der Waals surface area contributed by atoms with E-state index in [1.807, 2.05) is 26.8 Å². The lowest BCUT2D eigenvalue weighted by molar-refractivity contribution is -0.116. The molecule has 39 heavy (non-hydrogen) atoms. The molecule has 0 aliphatic carbocycles. The first kappa shape index (κ1) is 30.5. The monoisotopic (exact) mass is 556 g/mol. The number of benzene rings is 2. The standard InChI is InChI=1S/C30H40N2O6S/c1-7-9-10-11-20-12-14-22(31-26(33)16-19(3)4)28-27(20)29(34)32(30(28)35)23(18-39(6)36)21-13-15-24(37-5)25(17-21)38-8-2/h12-15,17,19,23H,7-11,16,18H2,1-6H3,(H,31,33). The third-order valence-electron chi connectivity index (χ3n) is 6.65. The molecule has 1 heterocycles. The van der Waals surface area contributed by atoms with Crippen molar-refractivity contribution in [1.82, 2.24) is 4.90 Å². The van der Waals surface area contributed by atoms with E-state index in [1.54, 1.807) is 30.5 Å². The Hall–Kier alpha value is -3.04. The number of hydrogen-bond donors (Lipinski definition) is 1. The highest BCUT2D eigenvalue weighted by molar-refractivity contribution is 7.90. The van der Waals surface area contributed by atoms with Gasteiger partial charge in [0.15, 0.2) is 11.5 Å². The Kier molecular flexibility index (Phi) is 10.8. The highest BCUT2D eigenvalue weighted by Gasteiger charge is 2.45. The summed E-state index contributed by atoms with van der Waals surface area (Å²) in [4.78, 5) is 41.9. The number of anilines is 1. The second kappa shape index (κ2) is 13.8. The number of aryl methyl sites for hydroxylation is 1. The number of nitrogens with one attached hydrogen (secondary N) is 1. The van der Waals surface area contributed by atoms with Crippen LogP contribution in [-0.2, 0) is 22.4 Å². The summed E-state index contributed by atoms with van der Waals surface area (Å²) in [6, 6.07) is 7.98. The summed E-state index contributed by atoms with van der Waals surface area (Å²) in [6.07, 6.45) is 5.38. The van der Waals surface area contributed by atoms with Crippen molar-refractivity contribution in [2.45, 2.75) is 65.8 Å². The van der Waals surface area contributed by atoms with E-state index in [0.717, 1.165) is 24.8 Å². The number of fused-ring (bicyclic) bond motifs is 1. The quantitative estimate of drug-likeness (QED) is 0.186. The molecule has 2 aromatic carbocycles. The molecule has 0 radical (unpaired) electrons. The lowest BCUT2D eigenvalue weighted by Gasteiger charge is -2.27. The van der Waals surface area contributed by atoms with Gasteiger partial charge in [-0.2, -0.15) is 0 Å². The molecular weight excluding hydrogens is 516 g/mol.